The molecule has 4 rings (SSSR count). The number of amides is 1. The number of hydrogen-bond donors (Lipinski definition) is 0. The van der Waals surface area contributed by atoms with Crippen molar-refractivity contribution in [3.05, 3.63) is 73.7 Å². The van der Waals surface area contributed by atoms with Gasteiger partial charge >= 0.3 is 0 Å². The van der Waals surface area contributed by atoms with Gasteiger partial charge in [0.25, 0.3) is 0 Å². The van der Waals surface area contributed by atoms with Gasteiger partial charge in [-0.2, -0.15) is 0 Å². The summed E-state index contributed by atoms with van der Waals surface area (Å²) in [6.07, 6.45) is 0.186. The number of halogens is 3. The minimum Gasteiger partial charge on any atom is -0.493 e. The minimum atomic E-state index is -0.507. The fourth-order valence-corrected chi connectivity index (χ4v) is 5.68. The van der Waals surface area contributed by atoms with Gasteiger partial charge in [-0.3, -0.25) is 9.59 Å². The summed E-state index contributed by atoms with van der Waals surface area (Å²) >= 11 is 16.2. The van der Waals surface area contributed by atoms with Gasteiger partial charge in [-0.05, 0) is 59.2 Å². The normalized spacial score (nSPS) is 14.2. The number of carbonyl (C=O) groups excluding carboxylic acids is 2. The van der Waals surface area contributed by atoms with Crippen LogP contribution in [-0.4, -0.2) is 46.7 Å². The number of nitrogens with zero attached hydrogens (tertiary/aromatic N) is 1. The second-order valence-electron chi connectivity index (χ2n) is 8.71. The molecule has 1 aliphatic heterocycles. The van der Waals surface area contributed by atoms with Gasteiger partial charge in [0.15, 0.2) is 23.0 Å². The Kier molecular flexibility index (Phi) is 8.75. The van der Waals surface area contributed by atoms with E-state index in [1.807, 2.05) is 18.2 Å². The van der Waals surface area contributed by atoms with Crippen LogP contribution in [0.1, 0.15) is 22.6 Å². The molecule has 0 bridgehead atoms. The molecular formula is C28H26BrCl2NO6. The lowest BCUT2D eigenvalue weighted by molar-refractivity contribution is -0.119. The molecule has 1 heterocycles. The first-order valence-electron chi connectivity index (χ1n) is 11.6. The van der Waals surface area contributed by atoms with E-state index in [0.29, 0.717) is 49.9 Å². The van der Waals surface area contributed by atoms with Crippen molar-refractivity contribution in [1.29, 1.82) is 0 Å². The summed E-state index contributed by atoms with van der Waals surface area (Å²) in [5, 5.41) is 0.705. The number of hydrogen-bond acceptors (Lipinski definition) is 6. The molecule has 0 saturated heterocycles. The van der Waals surface area contributed by atoms with Crippen LogP contribution in [0.3, 0.4) is 0 Å². The maximum absolute atomic E-state index is 13.6. The Hall–Kier alpha value is -2.94. The summed E-state index contributed by atoms with van der Waals surface area (Å²) in [6, 6.07) is 12.4. The summed E-state index contributed by atoms with van der Waals surface area (Å²) in [5.74, 6) is 0.985. The number of fused-ring (bicyclic) bond motifs is 1. The summed E-state index contributed by atoms with van der Waals surface area (Å²) in [6.45, 7) is 0.228. The van der Waals surface area contributed by atoms with Gasteiger partial charge in [0.1, 0.15) is 5.78 Å². The molecule has 1 aliphatic rings. The molecule has 0 aromatic heterocycles. The standard InChI is InChI=1S/C28H26BrCl2NO6/c1-35-24-10-15(7-20(30)27(24)37-3)9-23(33)19-14-32(22-6-5-17(29)13-18(19)22)26(34)12-16-8-21(31)28(38-4)25(11-16)36-2/h5-8,10-11,13,19H,9,12,14H2,1-4H3/t19-/m1/s1. The Morgan fingerprint density at radius 3 is 1.92 bits per heavy atom. The fourth-order valence-electron chi connectivity index (χ4n) is 4.68. The Labute approximate surface area is 239 Å². The van der Waals surface area contributed by atoms with Crippen LogP contribution < -0.4 is 23.8 Å². The van der Waals surface area contributed by atoms with E-state index in [2.05, 4.69) is 15.9 Å². The molecular weight excluding hydrogens is 597 g/mol. The molecule has 38 heavy (non-hydrogen) atoms. The highest BCUT2D eigenvalue weighted by molar-refractivity contribution is 9.10. The number of Topliss-reactive ketones (excluding diaryl/α,β-unsaturated/α-hetero) is 1. The number of anilines is 1. The van der Waals surface area contributed by atoms with Crippen LogP contribution >= 0.6 is 39.1 Å². The summed E-state index contributed by atoms with van der Waals surface area (Å²) in [5.41, 5.74) is 2.85. The van der Waals surface area contributed by atoms with Gasteiger partial charge in [-0.25, -0.2) is 0 Å². The van der Waals surface area contributed by atoms with Crippen LogP contribution in [0.25, 0.3) is 0 Å². The largest absolute Gasteiger partial charge is 0.493 e. The fraction of sp³-hybridized carbons (Fsp3) is 0.286. The highest BCUT2D eigenvalue weighted by atomic mass is 79.9. The first-order chi connectivity index (χ1) is 18.2. The molecule has 0 N–H and O–H groups in total. The molecule has 3 aromatic rings. The van der Waals surface area contributed by atoms with Gasteiger partial charge < -0.3 is 23.8 Å². The number of methoxy groups -OCH3 is 4. The molecule has 1 atom stereocenters. The van der Waals surface area contributed by atoms with Gasteiger partial charge in [0.05, 0.1) is 50.8 Å². The average molecular weight is 623 g/mol. The van der Waals surface area contributed by atoms with Crippen LogP contribution in [0.4, 0.5) is 5.69 Å². The van der Waals surface area contributed by atoms with Crippen LogP contribution in [0.5, 0.6) is 23.0 Å². The number of benzene rings is 3. The predicted molar refractivity (Wildman–Crippen MR) is 151 cm³/mol. The van der Waals surface area contributed by atoms with Crippen molar-refractivity contribution in [3.63, 3.8) is 0 Å². The third kappa shape index (κ3) is 5.58. The van der Waals surface area contributed by atoms with Crippen molar-refractivity contribution >= 4 is 56.5 Å². The molecule has 0 radical (unpaired) electrons. The number of carbonyl (C=O) groups is 2. The summed E-state index contributed by atoms with van der Waals surface area (Å²) in [4.78, 5) is 28.7. The molecule has 10 heteroatoms. The second-order valence-corrected chi connectivity index (χ2v) is 10.4. The highest BCUT2D eigenvalue weighted by Crippen LogP contribution is 2.41. The first kappa shape index (κ1) is 28.1. The molecule has 0 spiro atoms. The van der Waals surface area contributed by atoms with Gasteiger partial charge in [0, 0.05) is 23.1 Å². The number of rotatable bonds is 9. The lowest BCUT2D eigenvalue weighted by Gasteiger charge is -2.19. The lowest BCUT2D eigenvalue weighted by Crippen LogP contribution is -2.32. The Bertz CT molecular complexity index is 1400. The highest BCUT2D eigenvalue weighted by Gasteiger charge is 2.36. The molecule has 200 valence electrons. The summed E-state index contributed by atoms with van der Waals surface area (Å²) < 4.78 is 22.2. The molecule has 0 aliphatic carbocycles. The van der Waals surface area contributed by atoms with Crippen molar-refractivity contribution in [2.24, 2.45) is 0 Å². The molecule has 3 aromatic carbocycles. The smallest absolute Gasteiger partial charge is 0.231 e. The third-order valence-electron chi connectivity index (χ3n) is 6.43. The first-order valence-corrected chi connectivity index (χ1v) is 13.2. The van der Waals surface area contributed by atoms with E-state index in [1.165, 1.54) is 28.4 Å². The second kappa shape index (κ2) is 11.8. The van der Waals surface area contributed by atoms with E-state index in [9.17, 15) is 9.59 Å². The minimum absolute atomic E-state index is 0.0444. The van der Waals surface area contributed by atoms with E-state index in [1.54, 1.807) is 29.2 Å². The molecule has 0 saturated carbocycles. The maximum Gasteiger partial charge on any atom is 0.231 e. The zero-order valence-electron chi connectivity index (χ0n) is 21.3. The quantitative estimate of drug-likeness (QED) is 0.280. The average Bonchev–Trinajstić information content (AvgIpc) is 3.26. The van der Waals surface area contributed by atoms with Gasteiger partial charge in [-0.15, -0.1) is 0 Å². The van der Waals surface area contributed by atoms with Crippen LogP contribution in [0.15, 0.2) is 46.9 Å². The van der Waals surface area contributed by atoms with Crippen molar-refractivity contribution < 1.29 is 28.5 Å². The van der Waals surface area contributed by atoms with Crippen molar-refractivity contribution in [3.8, 4) is 23.0 Å². The zero-order valence-corrected chi connectivity index (χ0v) is 24.4. The van der Waals surface area contributed by atoms with Crippen LogP contribution in [0, 0.1) is 0 Å². The van der Waals surface area contributed by atoms with Crippen molar-refractivity contribution in [2.75, 3.05) is 39.9 Å². The van der Waals surface area contributed by atoms with E-state index >= 15 is 0 Å². The Morgan fingerprint density at radius 1 is 0.842 bits per heavy atom. The molecule has 0 unspecified atom stereocenters. The maximum atomic E-state index is 13.6. The van der Waals surface area contributed by atoms with Crippen molar-refractivity contribution in [2.45, 2.75) is 18.8 Å². The molecule has 1 amide bonds. The SMILES string of the molecule is COc1cc(CC(=O)[C@@H]2CN(C(=O)Cc3cc(Cl)c(OC)c(OC)c3)c3ccc(Br)cc32)cc(Cl)c1OC. The topological polar surface area (TPSA) is 74.3 Å². The van der Waals surface area contributed by atoms with Crippen LogP contribution in [0.2, 0.25) is 10.0 Å². The van der Waals surface area contributed by atoms with Gasteiger partial charge in [0.2, 0.25) is 5.91 Å². The summed E-state index contributed by atoms with van der Waals surface area (Å²) in [7, 11) is 6.03. The van der Waals surface area contributed by atoms with Crippen molar-refractivity contribution in [1.82, 2.24) is 0 Å². The van der Waals surface area contributed by atoms with Crippen LogP contribution in [-0.2, 0) is 22.4 Å². The number of ketones is 1. The van der Waals surface area contributed by atoms with Gasteiger partial charge in [-0.1, -0.05) is 39.1 Å². The lowest BCUT2D eigenvalue weighted by atomic mass is 9.92. The number of ether oxygens (including phenoxy) is 4. The molecule has 0 fully saturated rings. The Morgan fingerprint density at radius 2 is 1.39 bits per heavy atom. The third-order valence-corrected chi connectivity index (χ3v) is 7.49. The van der Waals surface area contributed by atoms with E-state index in [4.69, 9.17) is 42.1 Å². The Balaban J connectivity index is 1.60. The van der Waals surface area contributed by atoms with E-state index < -0.39 is 5.92 Å². The molecule has 7 nitrogen and oxygen atoms in total. The monoisotopic (exact) mass is 621 g/mol. The van der Waals surface area contributed by atoms with E-state index in [0.717, 1.165) is 10.0 Å². The predicted octanol–water partition coefficient (Wildman–Crippen LogP) is 6.28. The van der Waals surface area contributed by atoms with E-state index in [-0.39, 0.29) is 31.1 Å². The zero-order chi connectivity index (χ0) is 27.6.